The van der Waals surface area contributed by atoms with E-state index in [0.29, 0.717) is 5.69 Å². The van der Waals surface area contributed by atoms with E-state index in [0.717, 1.165) is 33.9 Å². The van der Waals surface area contributed by atoms with Gasteiger partial charge >= 0.3 is 0 Å². The van der Waals surface area contributed by atoms with Gasteiger partial charge in [-0.05, 0) is 26.0 Å². The van der Waals surface area contributed by atoms with Gasteiger partial charge in [-0.2, -0.15) is 5.26 Å². The number of H-pyrrole nitrogens is 1. The first-order chi connectivity index (χ1) is 9.10. The van der Waals surface area contributed by atoms with Crippen LogP contribution < -0.4 is 0 Å². The minimum atomic E-state index is 0.421. The fourth-order valence-electron chi connectivity index (χ4n) is 2.26. The molecule has 2 aromatic heterocycles. The highest BCUT2D eigenvalue weighted by Gasteiger charge is 2.12. The molecule has 5 heteroatoms. The van der Waals surface area contributed by atoms with Crippen LogP contribution in [-0.2, 0) is 7.05 Å². The molecular weight excluding hydrogens is 238 g/mol. The fourth-order valence-corrected chi connectivity index (χ4v) is 2.26. The number of fused-ring (bicyclic) bond motifs is 1. The largest absolute Gasteiger partial charge is 0.341 e. The minimum Gasteiger partial charge on any atom is -0.341 e. The number of aromatic nitrogens is 4. The van der Waals surface area contributed by atoms with E-state index in [9.17, 15) is 0 Å². The fraction of sp³-hybridized carbons (Fsp3) is 0.214. The van der Waals surface area contributed by atoms with E-state index in [1.807, 2.05) is 43.7 Å². The summed E-state index contributed by atoms with van der Waals surface area (Å²) >= 11 is 0. The van der Waals surface area contributed by atoms with E-state index in [-0.39, 0.29) is 0 Å². The van der Waals surface area contributed by atoms with Gasteiger partial charge in [0.05, 0.1) is 16.7 Å². The molecule has 94 valence electrons. The summed E-state index contributed by atoms with van der Waals surface area (Å²) in [6, 6.07) is 8.09. The molecule has 0 spiro atoms. The lowest BCUT2D eigenvalue weighted by Gasteiger charge is -2.00. The molecule has 0 saturated heterocycles. The van der Waals surface area contributed by atoms with Gasteiger partial charge < -0.3 is 9.55 Å². The van der Waals surface area contributed by atoms with Crippen LogP contribution in [-0.4, -0.2) is 19.5 Å². The Morgan fingerprint density at radius 1 is 1.26 bits per heavy atom. The van der Waals surface area contributed by atoms with Crippen molar-refractivity contribution in [2.45, 2.75) is 13.8 Å². The van der Waals surface area contributed by atoms with E-state index >= 15 is 0 Å². The summed E-state index contributed by atoms with van der Waals surface area (Å²) in [5.74, 6) is 1.71. The Kier molecular flexibility index (Phi) is 2.39. The minimum absolute atomic E-state index is 0.421. The lowest BCUT2D eigenvalue weighted by molar-refractivity contribution is 0.886. The van der Waals surface area contributed by atoms with Crippen molar-refractivity contribution in [3.63, 3.8) is 0 Å². The van der Waals surface area contributed by atoms with E-state index in [2.05, 4.69) is 21.0 Å². The summed E-state index contributed by atoms with van der Waals surface area (Å²) < 4.78 is 2.04. The van der Waals surface area contributed by atoms with Gasteiger partial charge in [-0.15, -0.1) is 0 Å². The molecule has 19 heavy (non-hydrogen) atoms. The highest BCUT2D eigenvalue weighted by atomic mass is 15.0. The predicted molar refractivity (Wildman–Crippen MR) is 72.5 cm³/mol. The van der Waals surface area contributed by atoms with Gasteiger partial charge in [-0.25, -0.2) is 9.97 Å². The first-order valence-electron chi connectivity index (χ1n) is 6.00. The summed E-state index contributed by atoms with van der Waals surface area (Å²) in [7, 11) is 1.99. The van der Waals surface area contributed by atoms with Crippen molar-refractivity contribution in [2.24, 2.45) is 7.05 Å². The number of nitrogens with zero attached hydrogens (tertiary/aromatic N) is 4. The normalized spacial score (nSPS) is 10.8. The first kappa shape index (κ1) is 11.5. The topological polar surface area (TPSA) is 70.3 Å². The maximum Gasteiger partial charge on any atom is 0.166 e. The number of hydrogen-bond acceptors (Lipinski definition) is 3. The molecule has 1 N–H and O–H groups in total. The van der Waals surface area contributed by atoms with Crippen LogP contribution in [0.4, 0.5) is 0 Å². The van der Waals surface area contributed by atoms with Gasteiger partial charge in [0.25, 0.3) is 0 Å². The zero-order valence-electron chi connectivity index (χ0n) is 11.0. The third kappa shape index (κ3) is 1.69. The molecule has 1 aromatic carbocycles. The quantitative estimate of drug-likeness (QED) is 0.722. The number of hydrogen-bond donors (Lipinski definition) is 1. The maximum absolute atomic E-state index is 9.10. The Balaban J connectivity index is 2.23. The molecule has 0 fully saturated rings. The van der Waals surface area contributed by atoms with Gasteiger partial charge in [0.15, 0.2) is 5.69 Å². The second kappa shape index (κ2) is 3.95. The monoisotopic (exact) mass is 251 g/mol. The van der Waals surface area contributed by atoms with Crippen LogP contribution >= 0.6 is 0 Å². The first-order valence-corrected chi connectivity index (χ1v) is 6.00. The SMILES string of the molecule is Cc1nc(C#N)c(-c2ccc3c(c2)nc(C)n3C)[nH]1. The number of aryl methyl sites for hydroxylation is 3. The molecule has 2 heterocycles. The van der Waals surface area contributed by atoms with Gasteiger partial charge in [-0.3, -0.25) is 0 Å². The molecule has 0 bridgehead atoms. The van der Waals surface area contributed by atoms with E-state index < -0.39 is 0 Å². The predicted octanol–water partition coefficient (Wildman–Crippen LogP) is 2.45. The van der Waals surface area contributed by atoms with Crippen LogP contribution in [0.3, 0.4) is 0 Å². The van der Waals surface area contributed by atoms with Gasteiger partial charge in [0.2, 0.25) is 0 Å². The molecule has 0 radical (unpaired) electrons. The van der Waals surface area contributed by atoms with E-state index in [1.165, 1.54) is 0 Å². The molecule has 3 rings (SSSR count). The third-order valence-corrected chi connectivity index (χ3v) is 3.32. The van der Waals surface area contributed by atoms with Crippen LogP contribution in [0, 0.1) is 25.2 Å². The van der Waals surface area contributed by atoms with Gasteiger partial charge in [0, 0.05) is 12.6 Å². The second-order valence-corrected chi connectivity index (χ2v) is 4.58. The number of nitriles is 1. The molecule has 3 aromatic rings. The lowest BCUT2D eigenvalue weighted by Crippen LogP contribution is -1.90. The highest BCUT2D eigenvalue weighted by molar-refractivity contribution is 5.82. The van der Waals surface area contributed by atoms with Crippen molar-refractivity contribution >= 4 is 11.0 Å². The zero-order chi connectivity index (χ0) is 13.6. The van der Waals surface area contributed by atoms with Crippen molar-refractivity contribution in [2.75, 3.05) is 0 Å². The van der Waals surface area contributed by atoms with Crippen molar-refractivity contribution in [1.29, 1.82) is 5.26 Å². The molecule has 0 saturated carbocycles. The van der Waals surface area contributed by atoms with Gasteiger partial charge in [-0.1, -0.05) is 6.07 Å². The van der Waals surface area contributed by atoms with Crippen molar-refractivity contribution in [1.82, 2.24) is 19.5 Å². The number of rotatable bonds is 1. The molecule has 0 atom stereocenters. The van der Waals surface area contributed by atoms with Crippen LogP contribution in [0.2, 0.25) is 0 Å². The summed E-state index contributed by atoms with van der Waals surface area (Å²) in [6.07, 6.45) is 0. The summed E-state index contributed by atoms with van der Waals surface area (Å²) in [5, 5.41) is 9.10. The summed E-state index contributed by atoms with van der Waals surface area (Å²) in [5.41, 5.74) is 4.11. The third-order valence-electron chi connectivity index (χ3n) is 3.32. The molecular formula is C14H13N5. The number of nitrogens with one attached hydrogen (secondary N) is 1. The lowest BCUT2D eigenvalue weighted by atomic mass is 10.1. The molecule has 0 aliphatic heterocycles. The van der Waals surface area contributed by atoms with E-state index in [1.54, 1.807) is 0 Å². The second-order valence-electron chi connectivity index (χ2n) is 4.58. The van der Waals surface area contributed by atoms with Crippen molar-refractivity contribution < 1.29 is 0 Å². The molecule has 0 amide bonds. The van der Waals surface area contributed by atoms with Gasteiger partial charge in [0.1, 0.15) is 17.7 Å². The van der Waals surface area contributed by atoms with Crippen molar-refractivity contribution in [3.05, 3.63) is 35.5 Å². The summed E-state index contributed by atoms with van der Waals surface area (Å²) in [6.45, 7) is 3.81. The molecule has 0 unspecified atom stereocenters. The zero-order valence-corrected chi connectivity index (χ0v) is 11.0. The van der Waals surface area contributed by atoms with Crippen LogP contribution in [0.1, 0.15) is 17.3 Å². The Morgan fingerprint density at radius 3 is 2.79 bits per heavy atom. The standard InChI is InChI=1S/C14H13N5/c1-8-16-12(7-15)14(17-8)10-4-5-13-11(6-10)18-9(2)19(13)3/h4-6H,1-3H3,(H,16,17). The number of aromatic amines is 1. The highest BCUT2D eigenvalue weighted by Crippen LogP contribution is 2.25. The summed E-state index contributed by atoms with van der Waals surface area (Å²) in [4.78, 5) is 11.8. The number of imidazole rings is 2. The van der Waals surface area contributed by atoms with Crippen LogP contribution in [0.5, 0.6) is 0 Å². The Morgan fingerprint density at radius 2 is 2.05 bits per heavy atom. The smallest absolute Gasteiger partial charge is 0.166 e. The Labute approximate surface area is 110 Å². The van der Waals surface area contributed by atoms with Crippen LogP contribution in [0.25, 0.3) is 22.3 Å². The Hall–Kier alpha value is -2.61. The maximum atomic E-state index is 9.10. The van der Waals surface area contributed by atoms with Crippen LogP contribution in [0.15, 0.2) is 18.2 Å². The number of benzene rings is 1. The molecule has 0 aliphatic rings. The molecule has 0 aliphatic carbocycles. The molecule has 5 nitrogen and oxygen atoms in total. The van der Waals surface area contributed by atoms with Crippen molar-refractivity contribution in [3.8, 4) is 17.3 Å². The van der Waals surface area contributed by atoms with E-state index in [4.69, 9.17) is 5.26 Å². The average Bonchev–Trinajstić information content (AvgIpc) is 2.91. The Bertz CT molecular complexity index is 816. The average molecular weight is 251 g/mol.